The monoisotopic (exact) mass is 581 g/mol. The molecule has 2 unspecified atom stereocenters. The van der Waals surface area contributed by atoms with Crippen molar-refractivity contribution in [3.63, 3.8) is 0 Å². The van der Waals surface area contributed by atoms with E-state index < -0.39 is 35.5 Å². The molecule has 5 heterocycles. The van der Waals surface area contributed by atoms with Crippen molar-refractivity contribution in [2.24, 2.45) is 5.92 Å². The zero-order valence-electron chi connectivity index (χ0n) is 24.2. The van der Waals surface area contributed by atoms with Crippen LogP contribution < -0.4 is 5.32 Å². The van der Waals surface area contributed by atoms with Crippen molar-refractivity contribution in [2.45, 2.75) is 62.4 Å². The van der Waals surface area contributed by atoms with Gasteiger partial charge in [-0.25, -0.2) is 0 Å². The van der Waals surface area contributed by atoms with Crippen molar-refractivity contribution in [1.82, 2.24) is 25.0 Å². The molecule has 0 radical (unpaired) electrons. The van der Waals surface area contributed by atoms with Gasteiger partial charge in [0, 0.05) is 42.7 Å². The molecule has 3 aromatic rings. The van der Waals surface area contributed by atoms with Crippen molar-refractivity contribution >= 4 is 34.2 Å². The largest absolute Gasteiger partial charge is 0.361 e. The van der Waals surface area contributed by atoms with Crippen molar-refractivity contribution in [2.75, 3.05) is 20.1 Å². The van der Waals surface area contributed by atoms with Crippen molar-refractivity contribution in [3.8, 4) is 0 Å². The topological polar surface area (TPSA) is 118 Å². The van der Waals surface area contributed by atoms with Gasteiger partial charge < -0.3 is 20.3 Å². The number of amides is 3. The van der Waals surface area contributed by atoms with Gasteiger partial charge in [-0.05, 0) is 61.6 Å². The summed E-state index contributed by atoms with van der Waals surface area (Å²) in [5, 5.41) is 16.1. The second kappa shape index (κ2) is 9.25. The van der Waals surface area contributed by atoms with E-state index in [2.05, 4.69) is 33.5 Å². The Morgan fingerprint density at radius 2 is 1.98 bits per heavy atom. The number of H-pyrrole nitrogens is 1. The van der Waals surface area contributed by atoms with Gasteiger partial charge in [-0.3, -0.25) is 28.9 Å². The minimum absolute atomic E-state index is 0.144. The molecule has 5 aliphatic rings. The number of ether oxygens (including phenoxy) is 1. The lowest BCUT2D eigenvalue weighted by Crippen LogP contribution is -2.71. The second-order valence-corrected chi connectivity index (χ2v) is 12.8. The van der Waals surface area contributed by atoms with Crippen LogP contribution in [0.15, 0.2) is 60.8 Å². The number of nitrogens with zero attached hydrogens (tertiary/aromatic N) is 3. The summed E-state index contributed by atoms with van der Waals surface area (Å²) < 4.78 is 6.23. The fourth-order valence-electron chi connectivity index (χ4n) is 8.12. The van der Waals surface area contributed by atoms with Crippen LogP contribution in [-0.4, -0.2) is 92.4 Å². The second-order valence-electron chi connectivity index (χ2n) is 12.8. The molecule has 10 nitrogen and oxygen atoms in total. The Morgan fingerprint density at radius 3 is 2.79 bits per heavy atom. The smallest absolute Gasteiger partial charge is 0.280 e. The maximum Gasteiger partial charge on any atom is 0.280 e. The van der Waals surface area contributed by atoms with Crippen LogP contribution in [0.3, 0.4) is 0 Å². The molecule has 4 aliphatic heterocycles. The number of rotatable bonds is 4. The quantitative estimate of drug-likeness (QED) is 0.434. The molecule has 0 spiro atoms. The molecule has 10 heteroatoms. The third-order valence-electron chi connectivity index (χ3n) is 10.1. The normalized spacial score (nSPS) is 33.3. The number of piperazine rings is 1. The molecule has 3 amide bonds. The van der Waals surface area contributed by atoms with Crippen molar-refractivity contribution < 1.29 is 24.2 Å². The average Bonchev–Trinajstić information content (AvgIpc) is 3.70. The number of hydrogen-bond donors (Lipinski definition) is 3. The lowest BCUT2D eigenvalue weighted by Gasteiger charge is -2.48. The molecule has 3 saturated heterocycles. The van der Waals surface area contributed by atoms with Gasteiger partial charge in [-0.2, -0.15) is 0 Å². The standard InChI is InChI=1S/C33H35N5O5/c1-32(35-29(39)21-15-23-22-10-6-11-24-28(22)20(17-34-24)16-25(23)36(2)18-21)31(41)38-26(14-19-8-4-3-5-9-19)30(40)37-13-7-12-27(37)33(38,42)43-32/h3-6,8-11,15,17,21,25-27,34,42H,7,12-14,16,18H2,1-2H3,(H,35,39)/t21?,25?,26-,27-,32+,33-/m0/s1. The Kier molecular flexibility index (Phi) is 5.73. The van der Waals surface area contributed by atoms with Gasteiger partial charge in [0.1, 0.15) is 12.1 Å². The highest BCUT2D eigenvalue weighted by Crippen LogP contribution is 2.46. The van der Waals surface area contributed by atoms with Gasteiger partial charge in [0.15, 0.2) is 0 Å². The summed E-state index contributed by atoms with van der Waals surface area (Å²) in [7, 11) is 2.02. The number of aliphatic hydroxyl groups is 1. The fraction of sp³-hybridized carbons (Fsp3) is 0.424. The molecule has 222 valence electrons. The number of nitrogens with one attached hydrogen (secondary N) is 2. The highest BCUT2D eigenvalue weighted by atomic mass is 16.7. The van der Waals surface area contributed by atoms with Crippen LogP contribution in [0.25, 0.3) is 16.5 Å². The summed E-state index contributed by atoms with van der Waals surface area (Å²) >= 11 is 0. The van der Waals surface area contributed by atoms with Gasteiger partial charge >= 0.3 is 0 Å². The first-order valence-electron chi connectivity index (χ1n) is 15.1. The van der Waals surface area contributed by atoms with Gasteiger partial charge in [0.25, 0.3) is 11.8 Å². The van der Waals surface area contributed by atoms with E-state index in [9.17, 15) is 19.5 Å². The fourth-order valence-corrected chi connectivity index (χ4v) is 8.12. The van der Waals surface area contributed by atoms with Crippen LogP contribution in [0, 0.1) is 5.92 Å². The number of hydrogen-bond acceptors (Lipinski definition) is 6. The average molecular weight is 582 g/mol. The van der Waals surface area contributed by atoms with E-state index in [1.165, 1.54) is 22.8 Å². The minimum Gasteiger partial charge on any atom is -0.361 e. The Balaban J connectivity index is 1.11. The number of likely N-dealkylation sites (N-methyl/N-ethyl adjacent to an activating group) is 1. The first-order chi connectivity index (χ1) is 20.7. The number of benzene rings is 2. The van der Waals surface area contributed by atoms with E-state index >= 15 is 0 Å². The lowest BCUT2D eigenvalue weighted by atomic mass is 9.79. The Hall–Kier alpha value is -3.99. The van der Waals surface area contributed by atoms with Crippen LogP contribution in [0.1, 0.15) is 36.5 Å². The number of fused-ring (bicyclic) bond motifs is 5. The van der Waals surface area contributed by atoms with Gasteiger partial charge in [-0.15, -0.1) is 0 Å². The molecule has 2 aromatic carbocycles. The Labute approximate surface area is 249 Å². The molecule has 3 fully saturated rings. The van der Waals surface area contributed by atoms with Crippen molar-refractivity contribution in [3.05, 3.63) is 77.5 Å². The highest BCUT2D eigenvalue weighted by molar-refractivity contribution is 6.00. The van der Waals surface area contributed by atoms with E-state index in [1.807, 2.05) is 49.5 Å². The minimum atomic E-state index is -2.04. The third-order valence-corrected chi connectivity index (χ3v) is 10.1. The summed E-state index contributed by atoms with van der Waals surface area (Å²) in [6.45, 7) is 2.45. The molecule has 43 heavy (non-hydrogen) atoms. The predicted molar refractivity (Wildman–Crippen MR) is 158 cm³/mol. The zero-order valence-corrected chi connectivity index (χ0v) is 24.2. The number of carbonyl (C=O) groups excluding carboxylic acids is 3. The molecular formula is C33H35N5O5. The predicted octanol–water partition coefficient (Wildman–Crippen LogP) is 1.99. The van der Waals surface area contributed by atoms with E-state index in [0.29, 0.717) is 25.9 Å². The Bertz CT molecular complexity index is 1700. The number of carbonyl (C=O) groups is 3. The summed E-state index contributed by atoms with van der Waals surface area (Å²) in [6.07, 6.45) is 6.38. The lowest BCUT2D eigenvalue weighted by molar-refractivity contribution is -0.315. The highest BCUT2D eigenvalue weighted by Gasteiger charge is 2.70. The number of aromatic amines is 1. The SMILES string of the molecule is CN1CC(C(=O)N[C@]2(C)O[C@@]3(O)[C@@H]4CCCN4C(=O)[C@H](Cc4ccccc4)N3C2=O)C=C2c3cccc4[nH]cc(c34)CC21. The van der Waals surface area contributed by atoms with Gasteiger partial charge in [-0.1, -0.05) is 48.5 Å². The van der Waals surface area contributed by atoms with Crippen molar-refractivity contribution in [1.29, 1.82) is 0 Å². The van der Waals surface area contributed by atoms with Crippen LogP contribution in [0.4, 0.5) is 0 Å². The molecule has 8 rings (SSSR count). The maximum atomic E-state index is 14.2. The molecule has 0 bridgehead atoms. The summed E-state index contributed by atoms with van der Waals surface area (Å²) in [4.78, 5) is 50.2. The van der Waals surface area contributed by atoms with E-state index in [1.54, 1.807) is 4.90 Å². The maximum absolute atomic E-state index is 14.2. The summed E-state index contributed by atoms with van der Waals surface area (Å²) in [6, 6.07) is 14.1. The zero-order chi connectivity index (χ0) is 29.7. The molecule has 1 aliphatic carbocycles. The van der Waals surface area contributed by atoms with Gasteiger partial charge in [0.2, 0.25) is 17.5 Å². The molecule has 1 aromatic heterocycles. The van der Waals surface area contributed by atoms with E-state index in [-0.39, 0.29) is 24.3 Å². The molecule has 3 N–H and O–H groups in total. The van der Waals surface area contributed by atoms with E-state index in [4.69, 9.17) is 4.74 Å². The van der Waals surface area contributed by atoms with Crippen LogP contribution in [0.5, 0.6) is 0 Å². The number of aromatic nitrogens is 1. The first kappa shape index (κ1) is 26.6. The van der Waals surface area contributed by atoms with Crippen LogP contribution >= 0.6 is 0 Å². The molecule has 0 saturated carbocycles. The summed E-state index contributed by atoms with van der Waals surface area (Å²) in [5.74, 6) is -3.77. The van der Waals surface area contributed by atoms with Crippen LogP contribution in [0.2, 0.25) is 0 Å². The molecule has 6 atom stereocenters. The molecular weight excluding hydrogens is 546 g/mol. The Morgan fingerprint density at radius 1 is 1.16 bits per heavy atom. The first-order valence-corrected chi connectivity index (χ1v) is 15.1. The van der Waals surface area contributed by atoms with E-state index in [0.717, 1.165) is 28.6 Å². The third kappa shape index (κ3) is 3.79. The van der Waals surface area contributed by atoms with Gasteiger partial charge in [0.05, 0.1) is 5.92 Å². The van der Waals surface area contributed by atoms with Crippen LogP contribution in [-0.2, 0) is 32.0 Å². The summed E-state index contributed by atoms with van der Waals surface area (Å²) in [5.41, 5.74) is 3.58.